The van der Waals surface area contributed by atoms with E-state index in [0.717, 1.165) is 30.6 Å². The second-order valence-corrected chi connectivity index (χ2v) is 11.6. The molecule has 0 radical (unpaired) electrons. The van der Waals surface area contributed by atoms with Gasteiger partial charge in [0.15, 0.2) is 0 Å². The summed E-state index contributed by atoms with van der Waals surface area (Å²) in [6, 6.07) is 4.51. The number of ether oxygens (including phenoxy) is 1. The molecule has 1 heterocycles. The zero-order valence-corrected chi connectivity index (χ0v) is 23.3. The lowest BCUT2D eigenvalue weighted by Crippen LogP contribution is -2.36. The minimum atomic E-state index is 0.0240. The summed E-state index contributed by atoms with van der Waals surface area (Å²) in [4.78, 5) is 0. The molecule has 0 saturated heterocycles. The molecule has 1 heteroatoms. The van der Waals surface area contributed by atoms with Crippen LogP contribution in [0.15, 0.2) is 12.1 Å². The summed E-state index contributed by atoms with van der Waals surface area (Å²) in [5.74, 6) is 3.79. The molecule has 0 spiro atoms. The Morgan fingerprint density at radius 2 is 1.38 bits per heavy atom. The van der Waals surface area contributed by atoms with Crippen molar-refractivity contribution in [2.24, 2.45) is 17.8 Å². The van der Waals surface area contributed by atoms with E-state index in [-0.39, 0.29) is 5.60 Å². The van der Waals surface area contributed by atoms with Gasteiger partial charge < -0.3 is 4.74 Å². The van der Waals surface area contributed by atoms with Gasteiger partial charge in [0.2, 0.25) is 0 Å². The third-order valence-electron chi connectivity index (χ3n) is 7.30. The van der Waals surface area contributed by atoms with Crippen LogP contribution >= 0.6 is 0 Å². The molecule has 3 unspecified atom stereocenters. The molecule has 1 aliphatic heterocycles. The first-order valence-electron chi connectivity index (χ1n) is 13.9. The molecule has 1 nitrogen and oxygen atoms in total. The number of hydrogen-bond donors (Lipinski definition) is 0. The molecule has 32 heavy (non-hydrogen) atoms. The van der Waals surface area contributed by atoms with Crippen LogP contribution in [0.2, 0.25) is 0 Å². The van der Waals surface area contributed by atoms with Crippen molar-refractivity contribution >= 4 is 0 Å². The number of aryl methyl sites for hydroxylation is 2. The summed E-state index contributed by atoms with van der Waals surface area (Å²) in [5, 5.41) is 0. The maximum atomic E-state index is 6.58. The van der Waals surface area contributed by atoms with E-state index in [0.29, 0.717) is 0 Å². The molecule has 1 aromatic carbocycles. The molecule has 0 bridgehead atoms. The lowest BCUT2D eigenvalue weighted by atomic mass is 9.85. The van der Waals surface area contributed by atoms with Crippen LogP contribution in [0.5, 0.6) is 5.75 Å². The maximum Gasteiger partial charge on any atom is 0.126 e. The predicted octanol–water partition coefficient (Wildman–Crippen LogP) is 10.2. The summed E-state index contributed by atoms with van der Waals surface area (Å²) >= 11 is 0. The lowest BCUT2D eigenvalue weighted by Gasteiger charge is -2.37. The van der Waals surface area contributed by atoms with Gasteiger partial charge in [0.25, 0.3) is 0 Å². The van der Waals surface area contributed by atoms with E-state index < -0.39 is 0 Å². The Balaban J connectivity index is 0.00000161. The highest BCUT2D eigenvalue weighted by Crippen LogP contribution is 2.39. The number of benzene rings is 1. The third-order valence-corrected chi connectivity index (χ3v) is 7.30. The van der Waals surface area contributed by atoms with E-state index in [1.54, 1.807) is 0 Å². The molecule has 0 saturated carbocycles. The van der Waals surface area contributed by atoms with E-state index >= 15 is 0 Å². The van der Waals surface area contributed by atoms with Crippen molar-refractivity contribution in [2.45, 2.75) is 145 Å². The Hall–Kier alpha value is -0.980. The number of fused-ring (bicyclic) bond motifs is 1. The first-order chi connectivity index (χ1) is 15.1. The van der Waals surface area contributed by atoms with Gasteiger partial charge in [-0.25, -0.2) is 0 Å². The highest BCUT2D eigenvalue weighted by molar-refractivity contribution is 5.46. The molecule has 0 aromatic heterocycles. The van der Waals surface area contributed by atoms with Crippen molar-refractivity contribution < 1.29 is 4.74 Å². The average Bonchev–Trinajstić information content (AvgIpc) is 2.71. The normalized spacial score (nSPS) is 19.6. The lowest BCUT2D eigenvalue weighted by molar-refractivity contribution is 0.0515. The van der Waals surface area contributed by atoms with E-state index in [1.165, 1.54) is 86.6 Å². The molecule has 2 rings (SSSR count). The van der Waals surface area contributed by atoms with Crippen LogP contribution in [0, 0.1) is 31.6 Å². The van der Waals surface area contributed by atoms with Gasteiger partial charge >= 0.3 is 0 Å². The largest absolute Gasteiger partial charge is 0.487 e. The summed E-state index contributed by atoms with van der Waals surface area (Å²) in [5.41, 5.74) is 4.11. The van der Waals surface area contributed by atoms with Gasteiger partial charge in [-0.1, -0.05) is 105 Å². The van der Waals surface area contributed by atoms with Crippen LogP contribution < -0.4 is 4.74 Å². The first kappa shape index (κ1) is 29.1. The Morgan fingerprint density at radius 3 is 1.94 bits per heavy atom. The second kappa shape index (κ2) is 15.0. The minimum Gasteiger partial charge on any atom is -0.487 e. The summed E-state index contributed by atoms with van der Waals surface area (Å²) in [6.07, 6.45) is 15.8. The molecular formula is C31H56O. The Kier molecular flexibility index (Phi) is 13.6. The van der Waals surface area contributed by atoms with Gasteiger partial charge in [-0.2, -0.15) is 0 Å². The molecule has 1 aromatic rings. The monoisotopic (exact) mass is 444 g/mol. The standard InChI is InChI=1S/C28H48O.C3H8/c1-21(2)11-8-12-22(3)13-9-14-23(4)15-10-19-28(7)20-18-26-17-16-24(5)25(6)27(26)29-28;1-3-2/h16-17,21-23H,8-15,18-20H2,1-7H3;3H2,1-2H3. The van der Waals surface area contributed by atoms with Gasteiger partial charge in [0, 0.05) is 0 Å². The minimum absolute atomic E-state index is 0.0240. The van der Waals surface area contributed by atoms with Gasteiger partial charge in [0.05, 0.1) is 0 Å². The Bertz CT molecular complexity index is 632. The van der Waals surface area contributed by atoms with E-state index in [9.17, 15) is 0 Å². The number of rotatable bonds is 12. The highest BCUT2D eigenvalue weighted by atomic mass is 16.5. The van der Waals surface area contributed by atoms with Gasteiger partial charge in [0.1, 0.15) is 11.4 Å². The molecule has 3 atom stereocenters. The van der Waals surface area contributed by atoms with Crippen LogP contribution in [0.3, 0.4) is 0 Å². The molecule has 0 N–H and O–H groups in total. The molecule has 0 fully saturated rings. The fourth-order valence-electron chi connectivity index (χ4n) is 4.86. The zero-order valence-electron chi connectivity index (χ0n) is 23.3. The summed E-state index contributed by atoms with van der Waals surface area (Å²) in [7, 11) is 0. The third kappa shape index (κ3) is 10.8. The molecular weight excluding hydrogens is 388 g/mol. The van der Waals surface area contributed by atoms with Gasteiger partial charge in [-0.05, 0) is 80.9 Å². The van der Waals surface area contributed by atoms with Crippen LogP contribution in [0.1, 0.15) is 136 Å². The van der Waals surface area contributed by atoms with Crippen molar-refractivity contribution in [2.75, 3.05) is 0 Å². The molecule has 186 valence electrons. The van der Waals surface area contributed by atoms with Gasteiger partial charge in [-0.3, -0.25) is 0 Å². The van der Waals surface area contributed by atoms with Crippen LogP contribution in [0.25, 0.3) is 0 Å². The smallest absolute Gasteiger partial charge is 0.126 e. The fraction of sp³-hybridized carbons (Fsp3) is 0.806. The molecule has 0 amide bonds. The van der Waals surface area contributed by atoms with Crippen molar-refractivity contribution in [3.63, 3.8) is 0 Å². The summed E-state index contributed by atoms with van der Waals surface area (Å²) < 4.78 is 6.58. The molecule has 1 aliphatic rings. The van der Waals surface area contributed by atoms with Crippen LogP contribution in [0.4, 0.5) is 0 Å². The van der Waals surface area contributed by atoms with Crippen molar-refractivity contribution in [1.82, 2.24) is 0 Å². The SMILES string of the molecule is CCC.Cc1ccc2c(c1C)OC(C)(CCCC(C)CCCC(C)CCCC(C)C)CC2. The Morgan fingerprint density at radius 1 is 0.844 bits per heavy atom. The maximum absolute atomic E-state index is 6.58. The summed E-state index contributed by atoms with van der Waals surface area (Å²) in [6.45, 7) is 20.6. The quantitative estimate of drug-likeness (QED) is 0.311. The second-order valence-electron chi connectivity index (χ2n) is 11.6. The van der Waals surface area contributed by atoms with E-state index in [1.807, 2.05) is 0 Å². The van der Waals surface area contributed by atoms with Crippen LogP contribution in [-0.4, -0.2) is 5.60 Å². The average molecular weight is 445 g/mol. The topological polar surface area (TPSA) is 9.23 Å². The molecule has 0 aliphatic carbocycles. The fourth-order valence-corrected chi connectivity index (χ4v) is 4.86. The van der Waals surface area contributed by atoms with E-state index in [4.69, 9.17) is 4.74 Å². The van der Waals surface area contributed by atoms with Crippen molar-refractivity contribution in [3.8, 4) is 5.75 Å². The van der Waals surface area contributed by atoms with E-state index in [2.05, 4.69) is 74.4 Å². The number of hydrogen-bond acceptors (Lipinski definition) is 1. The van der Waals surface area contributed by atoms with Crippen molar-refractivity contribution in [1.29, 1.82) is 0 Å². The predicted molar refractivity (Wildman–Crippen MR) is 144 cm³/mol. The van der Waals surface area contributed by atoms with Crippen molar-refractivity contribution in [3.05, 3.63) is 28.8 Å². The zero-order chi connectivity index (χ0) is 24.1. The Labute approximate surface area is 202 Å². The highest BCUT2D eigenvalue weighted by Gasteiger charge is 2.32. The van der Waals surface area contributed by atoms with Crippen LogP contribution in [-0.2, 0) is 6.42 Å². The first-order valence-corrected chi connectivity index (χ1v) is 13.9. The van der Waals surface area contributed by atoms with Gasteiger partial charge in [-0.15, -0.1) is 0 Å².